The monoisotopic (exact) mass is 300 g/mol. The van der Waals surface area contributed by atoms with Crippen LogP contribution in [0.5, 0.6) is 0 Å². The fourth-order valence-corrected chi connectivity index (χ4v) is 4.49. The molecule has 112 valence electrons. The molecule has 2 heterocycles. The summed E-state index contributed by atoms with van der Waals surface area (Å²) in [6.45, 7) is 5.49. The Labute approximate surface area is 119 Å². The fourth-order valence-electron chi connectivity index (χ4n) is 2.68. The van der Waals surface area contributed by atoms with E-state index >= 15 is 0 Å². The van der Waals surface area contributed by atoms with Gasteiger partial charge in [-0.15, -0.1) is 0 Å². The van der Waals surface area contributed by atoms with Gasteiger partial charge in [-0.3, -0.25) is 0 Å². The molecule has 0 bridgehead atoms. The summed E-state index contributed by atoms with van der Waals surface area (Å²) in [6.07, 6.45) is 2.44. The number of oxime groups is 2. The number of hydrogen-bond acceptors (Lipinski definition) is 6. The van der Waals surface area contributed by atoms with Crippen LogP contribution >= 0.6 is 0 Å². The molecule has 0 aromatic carbocycles. The Bertz CT molecular complexity index is 575. The summed E-state index contributed by atoms with van der Waals surface area (Å²) in [6, 6.07) is 0. The maximum absolute atomic E-state index is 12.5. The quantitative estimate of drug-likeness (QED) is 0.795. The van der Waals surface area contributed by atoms with Gasteiger partial charge in [-0.2, -0.15) is 0 Å². The van der Waals surface area contributed by atoms with Crippen LogP contribution < -0.4 is 0 Å². The second kappa shape index (κ2) is 4.44. The molecule has 3 aliphatic rings. The Kier molecular flexibility index (Phi) is 3.08. The molecule has 1 saturated carbocycles. The van der Waals surface area contributed by atoms with E-state index in [0.717, 1.165) is 18.6 Å². The van der Waals surface area contributed by atoms with E-state index in [1.165, 1.54) is 0 Å². The molecule has 0 radical (unpaired) electrons. The molecule has 3 rings (SSSR count). The molecule has 20 heavy (non-hydrogen) atoms. The van der Waals surface area contributed by atoms with Crippen LogP contribution in [0.4, 0.5) is 0 Å². The summed E-state index contributed by atoms with van der Waals surface area (Å²) in [7, 11) is -3.42. The predicted molar refractivity (Wildman–Crippen MR) is 75.2 cm³/mol. The van der Waals surface area contributed by atoms with Gasteiger partial charge in [0.25, 0.3) is 0 Å². The highest BCUT2D eigenvalue weighted by atomic mass is 32.2. The van der Waals surface area contributed by atoms with Gasteiger partial charge in [0, 0.05) is 6.42 Å². The lowest BCUT2D eigenvalue weighted by Gasteiger charge is -2.17. The molecule has 0 aromatic heterocycles. The van der Waals surface area contributed by atoms with Gasteiger partial charge < -0.3 is 9.68 Å². The van der Waals surface area contributed by atoms with Crippen LogP contribution in [-0.2, 0) is 19.5 Å². The average molecular weight is 300 g/mol. The Morgan fingerprint density at radius 3 is 2.55 bits per heavy atom. The van der Waals surface area contributed by atoms with Crippen LogP contribution in [-0.4, -0.2) is 36.6 Å². The molecule has 0 N–H and O–H groups in total. The Morgan fingerprint density at radius 2 is 2.00 bits per heavy atom. The average Bonchev–Trinajstić information content (AvgIpc) is 3.03. The van der Waals surface area contributed by atoms with Gasteiger partial charge in [-0.05, 0) is 39.5 Å². The number of sulfone groups is 1. The maximum Gasteiger partial charge on any atom is 0.195 e. The molecule has 2 unspecified atom stereocenters. The number of rotatable bonds is 3. The molecule has 1 fully saturated rings. The van der Waals surface area contributed by atoms with Crippen molar-refractivity contribution in [2.45, 2.75) is 51.7 Å². The molecular formula is C13H20N2O4S. The van der Waals surface area contributed by atoms with Gasteiger partial charge in [0.2, 0.25) is 0 Å². The first-order valence-corrected chi connectivity index (χ1v) is 8.62. The predicted octanol–water partition coefficient (Wildman–Crippen LogP) is 1.71. The first-order valence-electron chi connectivity index (χ1n) is 6.97. The molecule has 0 amide bonds. The van der Waals surface area contributed by atoms with E-state index in [2.05, 4.69) is 10.3 Å². The summed E-state index contributed by atoms with van der Waals surface area (Å²) < 4.78 is 25.0. The van der Waals surface area contributed by atoms with E-state index in [9.17, 15) is 8.42 Å². The summed E-state index contributed by atoms with van der Waals surface area (Å²) in [5, 5.41) is 7.89. The van der Waals surface area contributed by atoms with Gasteiger partial charge in [0.15, 0.2) is 14.9 Å². The number of nitrogens with zero attached hydrogens (tertiary/aromatic N) is 2. The largest absolute Gasteiger partial charge is 0.392 e. The van der Waals surface area contributed by atoms with Crippen molar-refractivity contribution in [1.29, 1.82) is 0 Å². The van der Waals surface area contributed by atoms with Crippen molar-refractivity contribution in [2.24, 2.45) is 22.1 Å². The van der Waals surface area contributed by atoms with Crippen LogP contribution in [0.15, 0.2) is 10.3 Å². The second-order valence-electron chi connectivity index (χ2n) is 6.54. The molecule has 1 aliphatic carbocycles. The van der Waals surface area contributed by atoms with Crippen molar-refractivity contribution in [3.8, 4) is 0 Å². The zero-order chi connectivity index (χ0) is 14.5. The highest BCUT2D eigenvalue weighted by molar-refractivity contribution is 8.06. The molecule has 0 saturated heterocycles. The summed E-state index contributed by atoms with van der Waals surface area (Å²) in [5.74, 6) is 0.315. The highest BCUT2D eigenvalue weighted by Gasteiger charge is 2.46. The lowest BCUT2D eigenvalue weighted by molar-refractivity contribution is 0.0123. The van der Waals surface area contributed by atoms with Gasteiger partial charge in [-0.1, -0.05) is 10.3 Å². The second-order valence-corrected chi connectivity index (χ2v) is 8.57. The molecule has 6 nitrogen and oxygen atoms in total. The molecule has 7 heteroatoms. The third kappa shape index (κ3) is 2.55. The standard InChI is InChI=1S/C13H20N2O4S/c1-8-10(12(18-14-8)9-4-5-9)7-20(16,17)11-6-13(2,3)19-15-11/h9-10,12H,4-7H2,1-3H3. The summed E-state index contributed by atoms with van der Waals surface area (Å²) in [4.78, 5) is 10.6. The summed E-state index contributed by atoms with van der Waals surface area (Å²) >= 11 is 0. The van der Waals surface area contributed by atoms with E-state index in [0.29, 0.717) is 12.3 Å². The van der Waals surface area contributed by atoms with E-state index in [1.54, 1.807) is 0 Å². The lowest BCUT2D eigenvalue weighted by Crippen LogP contribution is -2.34. The van der Waals surface area contributed by atoms with Crippen LogP contribution in [0.25, 0.3) is 0 Å². The van der Waals surface area contributed by atoms with Crippen molar-refractivity contribution in [3.63, 3.8) is 0 Å². The van der Waals surface area contributed by atoms with Gasteiger partial charge in [0.05, 0.1) is 17.4 Å². The third-order valence-electron chi connectivity index (χ3n) is 4.07. The number of hydrogen-bond donors (Lipinski definition) is 0. The first kappa shape index (κ1) is 13.9. The van der Waals surface area contributed by atoms with Crippen molar-refractivity contribution < 1.29 is 18.1 Å². The van der Waals surface area contributed by atoms with E-state index in [4.69, 9.17) is 9.68 Å². The topological polar surface area (TPSA) is 77.3 Å². The third-order valence-corrected chi connectivity index (χ3v) is 5.80. The van der Waals surface area contributed by atoms with Gasteiger partial charge >= 0.3 is 0 Å². The lowest BCUT2D eigenvalue weighted by atomic mass is 9.97. The van der Waals surface area contributed by atoms with E-state index in [-0.39, 0.29) is 22.8 Å². The Balaban J connectivity index is 1.74. The molecule has 2 atom stereocenters. The van der Waals surface area contributed by atoms with Crippen molar-refractivity contribution in [2.75, 3.05) is 5.75 Å². The van der Waals surface area contributed by atoms with Crippen LogP contribution in [0.3, 0.4) is 0 Å². The van der Waals surface area contributed by atoms with Crippen molar-refractivity contribution >= 4 is 20.6 Å². The minimum atomic E-state index is -3.42. The molecule has 0 aromatic rings. The molecular weight excluding hydrogens is 280 g/mol. The molecule has 2 aliphatic heterocycles. The van der Waals surface area contributed by atoms with E-state index in [1.807, 2.05) is 20.8 Å². The van der Waals surface area contributed by atoms with Crippen LogP contribution in [0.2, 0.25) is 0 Å². The van der Waals surface area contributed by atoms with Crippen molar-refractivity contribution in [1.82, 2.24) is 0 Å². The smallest absolute Gasteiger partial charge is 0.195 e. The summed E-state index contributed by atoms with van der Waals surface area (Å²) in [5.41, 5.74) is 0.234. The zero-order valence-corrected chi connectivity index (χ0v) is 12.8. The highest BCUT2D eigenvalue weighted by Crippen LogP contribution is 2.41. The maximum atomic E-state index is 12.5. The van der Waals surface area contributed by atoms with E-state index < -0.39 is 15.4 Å². The Morgan fingerprint density at radius 1 is 1.30 bits per heavy atom. The minimum absolute atomic E-state index is 0.0156. The minimum Gasteiger partial charge on any atom is -0.392 e. The normalized spacial score (nSPS) is 32.4. The van der Waals surface area contributed by atoms with Gasteiger partial charge in [0.1, 0.15) is 11.7 Å². The Hall–Kier alpha value is -1.11. The SMILES string of the molecule is CC1=NOC(C2CC2)C1CS(=O)(=O)C1=NOC(C)(C)C1. The van der Waals surface area contributed by atoms with Crippen LogP contribution in [0.1, 0.15) is 40.0 Å². The van der Waals surface area contributed by atoms with Gasteiger partial charge in [-0.25, -0.2) is 8.42 Å². The molecule has 0 spiro atoms. The first-order chi connectivity index (χ1) is 9.28. The fraction of sp³-hybridized carbons (Fsp3) is 0.846. The zero-order valence-electron chi connectivity index (χ0n) is 12.0. The van der Waals surface area contributed by atoms with Crippen LogP contribution in [0, 0.1) is 11.8 Å². The van der Waals surface area contributed by atoms with Crippen molar-refractivity contribution in [3.05, 3.63) is 0 Å².